The number of rotatable bonds is 5. The van der Waals surface area contributed by atoms with Crippen molar-refractivity contribution in [3.05, 3.63) is 59.9 Å². The van der Waals surface area contributed by atoms with Crippen molar-refractivity contribution >= 4 is 11.8 Å². The zero-order valence-corrected chi connectivity index (χ0v) is 11.5. The van der Waals surface area contributed by atoms with E-state index in [1.54, 1.807) is 23.9 Å². The minimum atomic E-state index is -0.375. The molecule has 4 heteroatoms. The Labute approximate surface area is 116 Å². The van der Waals surface area contributed by atoms with Crippen molar-refractivity contribution in [3.8, 4) is 5.75 Å². The second kappa shape index (κ2) is 6.59. The summed E-state index contributed by atoms with van der Waals surface area (Å²) in [5.41, 5.74) is 6.85. The third kappa shape index (κ3) is 3.72. The molecule has 0 radical (unpaired) electrons. The van der Waals surface area contributed by atoms with Crippen LogP contribution in [0, 0.1) is 5.82 Å². The summed E-state index contributed by atoms with van der Waals surface area (Å²) >= 11 is 1.66. The van der Waals surface area contributed by atoms with Crippen LogP contribution >= 0.6 is 11.8 Å². The molecule has 0 amide bonds. The molecule has 0 aromatic heterocycles. The average Bonchev–Trinajstić information content (AvgIpc) is 2.45. The van der Waals surface area contributed by atoms with Gasteiger partial charge in [-0.15, -0.1) is 11.8 Å². The van der Waals surface area contributed by atoms with Crippen molar-refractivity contribution in [2.45, 2.75) is 10.9 Å². The molecule has 2 aromatic rings. The molecule has 19 heavy (non-hydrogen) atoms. The van der Waals surface area contributed by atoms with E-state index in [2.05, 4.69) is 0 Å². The van der Waals surface area contributed by atoms with Gasteiger partial charge in [-0.05, 0) is 29.8 Å². The highest BCUT2D eigenvalue weighted by Gasteiger charge is 2.10. The minimum absolute atomic E-state index is 0.203. The highest BCUT2D eigenvalue weighted by atomic mass is 32.2. The number of methoxy groups -OCH3 is 1. The third-order valence-electron chi connectivity index (χ3n) is 2.78. The van der Waals surface area contributed by atoms with Gasteiger partial charge >= 0.3 is 0 Å². The molecule has 0 aliphatic rings. The first-order valence-electron chi connectivity index (χ1n) is 5.97. The summed E-state index contributed by atoms with van der Waals surface area (Å²) < 4.78 is 18.5. The Hall–Kier alpha value is -1.52. The van der Waals surface area contributed by atoms with Crippen molar-refractivity contribution < 1.29 is 9.13 Å². The molecule has 0 heterocycles. The molecule has 2 nitrogen and oxygen atoms in total. The molecule has 1 unspecified atom stereocenters. The van der Waals surface area contributed by atoms with Crippen LogP contribution in [0.25, 0.3) is 0 Å². The van der Waals surface area contributed by atoms with E-state index in [1.165, 1.54) is 13.2 Å². The van der Waals surface area contributed by atoms with Crippen molar-refractivity contribution in [3.63, 3.8) is 0 Å². The maximum Gasteiger partial charge on any atom is 0.165 e. The fourth-order valence-electron chi connectivity index (χ4n) is 1.71. The summed E-state index contributed by atoms with van der Waals surface area (Å²) in [4.78, 5) is 1.16. The van der Waals surface area contributed by atoms with E-state index in [0.29, 0.717) is 5.75 Å². The highest BCUT2D eigenvalue weighted by Crippen LogP contribution is 2.25. The largest absolute Gasteiger partial charge is 0.494 e. The molecule has 0 spiro atoms. The van der Waals surface area contributed by atoms with Gasteiger partial charge in [0.25, 0.3) is 0 Å². The van der Waals surface area contributed by atoms with Gasteiger partial charge in [0.15, 0.2) is 11.6 Å². The lowest BCUT2D eigenvalue weighted by Gasteiger charge is -2.13. The molecule has 2 N–H and O–H groups in total. The molecule has 0 aliphatic heterocycles. The maximum atomic E-state index is 13.6. The van der Waals surface area contributed by atoms with Gasteiger partial charge in [0.2, 0.25) is 0 Å². The summed E-state index contributed by atoms with van der Waals surface area (Å²) in [6.45, 7) is 0. The molecule has 0 aliphatic carbocycles. The quantitative estimate of drug-likeness (QED) is 0.848. The maximum absolute atomic E-state index is 13.6. The van der Waals surface area contributed by atoms with E-state index in [1.807, 2.05) is 30.3 Å². The Morgan fingerprint density at radius 2 is 1.95 bits per heavy atom. The molecule has 0 fully saturated rings. The summed E-state index contributed by atoms with van der Waals surface area (Å²) in [5, 5.41) is 0. The Balaban J connectivity index is 2.00. The van der Waals surface area contributed by atoms with Crippen molar-refractivity contribution in [1.29, 1.82) is 0 Å². The highest BCUT2D eigenvalue weighted by molar-refractivity contribution is 7.99. The Morgan fingerprint density at radius 3 is 2.58 bits per heavy atom. The zero-order chi connectivity index (χ0) is 13.7. The number of thioether (sulfide) groups is 1. The van der Waals surface area contributed by atoms with Crippen LogP contribution in [-0.4, -0.2) is 12.9 Å². The van der Waals surface area contributed by atoms with E-state index < -0.39 is 0 Å². The molecule has 0 bridgehead atoms. The Kier molecular flexibility index (Phi) is 4.82. The van der Waals surface area contributed by atoms with Gasteiger partial charge in [0, 0.05) is 16.7 Å². The Bertz CT molecular complexity index is 533. The lowest BCUT2D eigenvalue weighted by Crippen LogP contribution is -2.13. The second-order valence-electron chi connectivity index (χ2n) is 4.12. The van der Waals surface area contributed by atoms with Crippen molar-refractivity contribution in [1.82, 2.24) is 0 Å². The van der Waals surface area contributed by atoms with Gasteiger partial charge in [-0.25, -0.2) is 4.39 Å². The van der Waals surface area contributed by atoms with Crippen LogP contribution < -0.4 is 10.5 Å². The summed E-state index contributed by atoms with van der Waals surface area (Å²) in [5.74, 6) is 0.572. The van der Waals surface area contributed by atoms with E-state index in [-0.39, 0.29) is 17.6 Å². The van der Waals surface area contributed by atoms with Crippen LogP contribution in [0.4, 0.5) is 4.39 Å². The number of benzene rings is 2. The third-order valence-corrected chi connectivity index (χ3v) is 3.91. The number of halogens is 1. The molecule has 0 saturated heterocycles. The molecule has 1 atom stereocenters. The van der Waals surface area contributed by atoms with Gasteiger partial charge in [-0.1, -0.05) is 24.3 Å². The monoisotopic (exact) mass is 277 g/mol. The molecule has 0 saturated carbocycles. The molecule has 2 aromatic carbocycles. The fourth-order valence-corrected chi connectivity index (χ4v) is 2.63. The van der Waals surface area contributed by atoms with Crippen LogP contribution in [0.3, 0.4) is 0 Å². The first kappa shape index (κ1) is 13.9. The summed E-state index contributed by atoms with van der Waals surface area (Å²) in [6.07, 6.45) is 0. The van der Waals surface area contributed by atoms with Gasteiger partial charge < -0.3 is 10.5 Å². The van der Waals surface area contributed by atoms with Crippen molar-refractivity contribution in [2.75, 3.05) is 12.9 Å². The summed E-state index contributed by atoms with van der Waals surface area (Å²) in [7, 11) is 1.45. The van der Waals surface area contributed by atoms with E-state index in [9.17, 15) is 4.39 Å². The van der Waals surface area contributed by atoms with E-state index >= 15 is 0 Å². The molecular formula is C15H16FNOS. The van der Waals surface area contributed by atoms with Crippen LogP contribution in [-0.2, 0) is 0 Å². The van der Waals surface area contributed by atoms with Crippen LogP contribution in [0.5, 0.6) is 5.75 Å². The number of nitrogens with two attached hydrogens (primary N) is 1. The lowest BCUT2D eigenvalue weighted by molar-refractivity contribution is 0.386. The van der Waals surface area contributed by atoms with Gasteiger partial charge in [-0.3, -0.25) is 0 Å². The zero-order valence-electron chi connectivity index (χ0n) is 10.7. The topological polar surface area (TPSA) is 35.2 Å². The predicted octanol–water partition coefficient (Wildman–Crippen LogP) is 3.63. The first-order valence-corrected chi connectivity index (χ1v) is 6.96. The second-order valence-corrected chi connectivity index (χ2v) is 5.22. The summed E-state index contributed by atoms with van der Waals surface area (Å²) in [6, 6.07) is 14.7. The van der Waals surface area contributed by atoms with E-state index in [4.69, 9.17) is 10.5 Å². The predicted molar refractivity (Wildman–Crippen MR) is 77.0 cm³/mol. The van der Waals surface area contributed by atoms with Crippen molar-refractivity contribution in [2.24, 2.45) is 5.73 Å². The molecule has 2 rings (SSSR count). The number of hydrogen-bond acceptors (Lipinski definition) is 3. The Morgan fingerprint density at radius 1 is 1.21 bits per heavy atom. The van der Waals surface area contributed by atoms with Gasteiger partial charge in [0.05, 0.1) is 7.11 Å². The average molecular weight is 277 g/mol. The van der Waals surface area contributed by atoms with Crippen LogP contribution in [0.15, 0.2) is 53.4 Å². The fraction of sp³-hybridized carbons (Fsp3) is 0.200. The van der Waals surface area contributed by atoms with Gasteiger partial charge in [0.1, 0.15) is 0 Å². The number of hydrogen-bond donors (Lipinski definition) is 1. The minimum Gasteiger partial charge on any atom is -0.494 e. The smallest absolute Gasteiger partial charge is 0.165 e. The van der Waals surface area contributed by atoms with Crippen LogP contribution in [0.1, 0.15) is 11.6 Å². The van der Waals surface area contributed by atoms with Gasteiger partial charge in [-0.2, -0.15) is 0 Å². The SMILES string of the molecule is COc1ccc(C(N)CSc2ccccc2)cc1F. The normalized spacial score (nSPS) is 12.2. The standard InChI is InChI=1S/C15H16FNOS/c1-18-15-8-7-11(9-13(15)16)14(17)10-19-12-5-3-2-4-6-12/h2-9,14H,10,17H2,1H3. The van der Waals surface area contributed by atoms with E-state index in [0.717, 1.165) is 10.5 Å². The first-order chi connectivity index (χ1) is 9.20. The lowest BCUT2D eigenvalue weighted by atomic mass is 10.1. The molecular weight excluding hydrogens is 261 g/mol. The number of ether oxygens (including phenoxy) is 1. The molecule has 100 valence electrons. The van der Waals surface area contributed by atoms with Crippen LogP contribution in [0.2, 0.25) is 0 Å².